The van der Waals surface area contributed by atoms with Gasteiger partial charge in [0.1, 0.15) is 11.6 Å². The minimum absolute atomic E-state index is 0.0437. The second kappa shape index (κ2) is 10.4. The monoisotopic (exact) mass is 398 g/mol. The Morgan fingerprint density at radius 3 is 2.14 bits per heavy atom. The molecular formula is C27H36F2. The third-order valence-corrected chi connectivity index (χ3v) is 7.51. The Balaban J connectivity index is 1.65. The zero-order valence-electron chi connectivity index (χ0n) is 18.2. The minimum Gasteiger partial charge on any atom is -0.206 e. The summed E-state index contributed by atoms with van der Waals surface area (Å²) in [6.07, 6.45) is 13.1. The van der Waals surface area contributed by atoms with Crippen LogP contribution in [-0.2, 0) is 0 Å². The summed E-state index contributed by atoms with van der Waals surface area (Å²) in [6, 6.07) is 3.08. The van der Waals surface area contributed by atoms with E-state index in [-0.39, 0.29) is 17.4 Å². The maximum Gasteiger partial charge on any atom is 0.142 e. The Hall–Kier alpha value is -1.62. The van der Waals surface area contributed by atoms with Gasteiger partial charge in [-0.1, -0.05) is 38.2 Å². The van der Waals surface area contributed by atoms with E-state index in [0.29, 0.717) is 11.8 Å². The molecule has 2 aliphatic rings. The van der Waals surface area contributed by atoms with Gasteiger partial charge < -0.3 is 0 Å². The molecule has 1 atom stereocenters. The molecule has 1 aromatic carbocycles. The molecule has 0 spiro atoms. The molecule has 3 rings (SSSR count). The lowest BCUT2D eigenvalue weighted by molar-refractivity contribution is 0.260. The molecule has 29 heavy (non-hydrogen) atoms. The Labute approximate surface area is 176 Å². The van der Waals surface area contributed by atoms with Crippen LogP contribution in [0.3, 0.4) is 0 Å². The molecule has 2 aliphatic carbocycles. The summed E-state index contributed by atoms with van der Waals surface area (Å²) >= 11 is 0. The fourth-order valence-corrected chi connectivity index (χ4v) is 5.41. The molecular weight excluding hydrogens is 362 g/mol. The normalized spacial score (nSPS) is 28.3. The van der Waals surface area contributed by atoms with Gasteiger partial charge in [0, 0.05) is 5.92 Å². The Bertz CT molecular complexity index is 715. The van der Waals surface area contributed by atoms with Crippen LogP contribution >= 0.6 is 0 Å². The lowest BCUT2D eigenvalue weighted by Gasteiger charge is -2.32. The van der Waals surface area contributed by atoms with E-state index in [0.717, 1.165) is 56.4 Å². The first kappa shape index (κ1) is 22.1. The molecule has 0 N–H and O–H groups in total. The van der Waals surface area contributed by atoms with Crippen LogP contribution in [0, 0.1) is 47.1 Å². The maximum atomic E-state index is 14.7. The zero-order chi connectivity index (χ0) is 20.8. The van der Waals surface area contributed by atoms with Crippen LogP contribution in [0.2, 0.25) is 0 Å². The number of benzene rings is 1. The van der Waals surface area contributed by atoms with Crippen molar-refractivity contribution in [3.8, 4) is 11.8 Å². The number of halogens is 2. The summed E-state index contributed by atoms with van der Waals surface area (Å²) in [5, 5.41) is 0. The minimum atomic E-state index is -0.491. The summed E-state index contributed by atoms with van der Waals surface area (Å²) in [4.78, 5) is 0. The van der Waals surface area contributed by atoms with Crippen molar-refractivity contribution in [2.24, 2.45) is 23.7 Å². The van der Waals surface area contributed by atoms with E-state index in [2.05, 4.69) is 38.3 Å². The second-order valence-electron chi connectivity index (χ2n) is 9.17. The van der Waals surface area contributed by atoms with Gasteiger partial charge in [-0.2, -0.15) is 0 Å². The number of hydrogen-bond acceptors (Lipinski definition) is 0. The SMILES string of the molecule is C=CC(CC)[C@H]1CC[C@H](c2cc(F)c(C#C[C@H]3CC[C@H](CC)CC3)c(F)c2)CC1. The van der Waals surface area contributed by atoms with Gasteiger partial charge in [0.2, 0.25) is 0 Å². The van der Waals surface area contributed by atoms with Gasteiger partial charge in [-0.25, -0.2) is 8.78 Å². The third kappa shape index (κ3) is 5.50. The molecule has 0 bridgehead atoms. The highest BCUT2D eigenvalue weighted by Crippen LogP contribution is 2.40. The first-order valence-electron chi connectivity index (χ1n) is 11.7. The Morgan fingerprint density at radius 1 is 1.00 bits per heavy atom. The summed E-state index contributed by atoms with van der Waals surface area (Å²) in [5.41, 5.74) is 0.761. The average molecular weight is 399 g/mol. The molecule has 0 radical (unpaired) electrons. The largest absolute Gasteiger partial charge is 0.206 e. The van der Waals surface area contributed by atoms with Crippen molar-refractivity contribution < 1.29 is 8.78 Å². The molecule has 0 aliphatic heterocycles. The Kier molecular flexibility index (Phi) is 7.93. The van der Waals surface area contributed by atoms with E-state index in [1.165, 1.54) is 31.4 Å². The summed E-state index contributed by atoms with van der Waals surface area (Å²) < 4.78 is 29.4. The van der Waals surface area contributed by atoms with Gasteiger partial charge in [0.15, 0.2) is 0 Å². The maximum absolute atomic E-state index is 14.7. The van der Waals surface area contributed by atoms with Gasteiger partial charge >= 0.3 is 0 Å². The molecule has 2 fully saturated rings. The molecule has 0 nitrogen and oxygen atoms in total. The Morgan fingerprint density at radius 2 is 1.62 bits per heavy atom. The zero-order valence-corrected chi connectivity index (χ0v) is 18.2. The van der Waals surface area contributed by atoms with Crippen molar-refractivity contribution in [2.45, 2.75) is 84.0 Å². The van der Waals surface area contributed by atoms with Crippen molar-refractivity contribution in [2.75, 3.05) is 0 Å². The van der Waals surface area contributed by atoms with Crippen LogP contribution in [0.1, 0.15) is 95.1 Å². The summed E-state index contributed by atoms with van der Waals surface area (Å²) in [6.45, 7) is 8.40. The smallest absolute Gasteiger partial charge is 0.142 e. The fraction of sp³-hybridized carbons (Fsp3) is 0.630. The van der Waals surface area contributed by atoms with E-state index < -0.39 is 11.6 Å². The van der Waals surface area contributed by atoms with Gasteiger partial charge in [-0.3, -0.25) is 0 Å². The predicted octanol–water partition coefficient (Wildman–Crippen LogP) is 8.02. The van der Waals surface area contributed by atoms with Crippen molar-refractivity contribution in [3.63, 3.8) is 0 Å². The molecule has 0 saturated heterocycles. The van der Waals surface area contributed by atoms with Crippen LogP contribution in [0.5, 0.6) is 0 Å². The highest BCUT2D eigenvalue weighted by molar-refractivity contribution is 5.40. The molecule has 2 saturated carbocycles. The second-order valence-corrected chi connectivity index (χ2v) is 9.17. The number of rotatable bonds is 5. The molecule has 0 amide bonds. The lowest BCUT2D eigenvalue weighted by atomic mass is 9.73. The van der Waals surface area contributed by atoms with Crippen LogP contribution in [0.25, 0.3) is 0 Å². The molecule has 1 aromatic rings. The van der Waals surface area contributed by atoms with Gasteiger partial charge in [-0.15, -0.1) is 6.58 Å². The van der Waals surface area contributed by atoms with Crippen LogP contribution in [-0.4, -0.2) is 0 Å². The summed E-state index contributed by atoms with van der Waals surface area (Å²) in [5.74, 6) is 7.58. The van der Waals surface area contributed by atoms with E-state index in [9.17, 15) is 8.78 Å². The number of allylic oxidation sites excluding steroid dienone is 1. The molecule has 1 unspecified atom stereocenters. The van der Waals surface area contributed by atoms with Crippen molar-refractivity contribution in [1.29, 1.82) is 0 Å². The first-order chi connectivity index (χ1) is 14.0. The predicted molar refractivity (Wildman–Crippen MR) is 118 cm³/mol. The van der Waals surface area contributed by atoms with E-state index in [1.807, 2.05) is 0 Å². The third-order valence-electron chi connectivity index (χ3n) is 7.51. The van der Waals surface area contributed by atoms with Crippen LogP contribution in [0.4, 0.5) is 8.78 Å². The van der Waals surface area contributed by atoms with E-state index >= 15 is 0 Å². The lowest BCUT2D eigenvalue weighted by Crippen LogP contribution is -2.19. The number of hydrogen-bond donors (Lipinski definition) is 0. The molecule has 0 aromatic heterocycles. The molecule has 2 heteroatoms. The van der Waals surface area contributed by atoms with Crippen LogP contribution < -0.4 is 0 Å². The van der Waals surface area contributed by atoms with Crippen molar-refractivity contribution in [3.05, 3.63) is 47.5 Å². The van der Waals surface area contributed by atoms with Crippen molar-refractivity contribution >= 4 is 0 Å². The van der Waals surface area contributed by atoms with Gasteiger partial charge in [0.25, 0.3) is 0 Å². The quantitative estimate of drug-likeness (QED) is 0.348. The first-order valence-corrected chi connectivity index (χ1v) is 11.7. The van der Waals surface area contributed by atoms with E-state index in [4.69, 9.17) is 0 Å². The van der Waals surface area contributed by atoms with Crippen LogP contribution in [0.15, 0.2) is 24.8 Å². The van der Waals surface area contributed by atoms with Gasteiger partial charge in [0.05, 0.1) is 5.56 Å². The standard InChI is InChI=1S/C27H36F2/c1-4-19-7-9-20(10-8-19)11-16-25-26(28)17-24(18-27(25)29)23-14-12-22(13-15-23)21(5-2)6-3/h5,17-23H,2,4,6-10,12-15H2,1,3H3/t19-,20-,21?,22-,23-. The van der Waals surface area contributed by atoms with Gasteiger partial charge in [-0.05, 0) is 99.2 Å². The fourth-order valence-electron chi connectivity index (χ4n) is 5.41. The van der Waals surface area contributed by atoms with E-state index in [1.54, 1.807) is 0 Å². The highest BCUT2D eigenvalue weighted by Gasteiger charge is 2.27. The average Bonchev–Trinajstić information content (AvgIpc) is 2.75. The summed E-state index contributed by atoms with van der Waals surface area (Å²) in [7, 11) is 0. The highest BCUT2D eigenvalue weighted by atomic mass is 19.1. The van der Waals surface area contributed by atoms with Crippen molar-refractivity contribution in [1.82, 2.24) is 0 Å². The topological polar surface area (TPSA) is 0 Å². The molecule has 0 heterocycles. The molecule has 158 valence electrons.